The van der Waals surface area contributed by atoms with E-state index < -0.39 is 5.60 Å². The van der Waals surface area contributed by atoms with Gasteiger partial charge in [0.1, 0.15) is 11.3 Å². The van der Waals surface area contributed by atoms with E-state index in [9.17, 15) is 9.90 Å². The highest BCUT2D eigenvalue weighted by molar-refractivity contribution is 5.97. The van der Waals surface area contributed by atoms with Crippen molar-refractivity contribution in [1.82, 2.24) is 4.90 Å². The third-order valence-electron chi connectivity index (χ3n) is 5.12. The second-order valence-corrected chi connectivity index (χ2v) is 6.80. The second kappa shape index (κ2) is 4.85. The van der Waals surface area contributed by atoms with Gasteiger partial charge in [0.15, 0.2) is 0 Å². The van der Waals surface area contributed by atoms with Crippen LogP contribution in [-0.4, -0.2) is 34.6 Å². The van der Waals surface area contributed by atoms with Crippen LogP contribution in [0, 0.1) is 12.8 Å². The Morgan fingerprint density at radius 3 is 2.95 bits per heavy atom. The lowest BCUT2D eigenvalue weighted by atomic mass is 9.90. The highest BCUT2D eigenvalue weighted by Gasteiger charge is 2.49. The van der Waals surface area contributed by atoms with Gasteiger partial charge in [-0.3, -0.25) is 4.79 Å². The molecule has 0 spiro atoms. The number of benzene rings is 1. The number of aliphatic hydroxyl groups is 1. The van der Waals surface area contributed by atoms with Crippen molar-refractivity contribution in [3.63, 3.8) is 0 Å². The van der Waals surface area contributed by atoms with Crippen LogP contribution in [0.5, 0.6) is 0 Å². The Bertz CT molecular complexity index is 729. The van der Waals surface area contributed by atoms with Crippen molar-refractivity contribution in [3.8, 4) is 0 Å². The number of furan rings is 1. The maximum atomic E-state index is 12.8. The smallest absolute Gasteiger partial charge is 0.253 e. The maximum absolute atomic E-state index is 12.8. The third-order valence-corrected chi connectivity index (χ3v) is 5.12. The largest absolute Gasteiger partial charge is 0.461 e. The molecule has 2 aliphatic rings. The van der Waals surface area contributed by atoms with E-state index in [2.05, 4.69) is 0 Å². The molecule has 1 unspecified atom stereocenters. The number of carbonyl (C=O) groups excluding carboxylic acids is 1. The summed E-state index contributed by atoms with van der Waals surface area (Å²) in [5, 5.41) is 11.3. The van der Waals surface area contributed by atoms with E-state index in [1.165, 1.54) is 0 Å². The first-order chi connectivity index (χ1) is 10.5. The molecule has 116 valence electrons. The van der Waals surface area contributed by atoms with Gasteiger partial charge in [0.25, 0.3) is 5.91 Å². The minimum atomic E-state index is -0.495. The molecule has 1 aliphatic heterocycles. The predicted octanol–water partition coefficient (Wildman–Crippen LogP) is 3.12. The Morgan fingerprint density at radius 2 is 2.18 bits per heavy atom. The number of rotatable bonds is 2. The second-order valence-electron chi connectivity index (χ2n) is 6.80. The Morgan fingerprint density at radius 1 is 1.36 bits per heavy atom. The van der Waals surface area contributed by atoms with Crippen LogP contribution in [0.3, 0.4) is 0 Å². The molecule has 4 nitrogen and oxygen atoms in total. The van der Waals surface area contributed by atoms with Gasteiger partial charge in [-0.15, -0.1) is 0 Å². The molecule has 2 fully saturated rings. The van der Waals surface area contributed by atoms with Gasteiger partial charge >= 0.3 is 0 Å². The molecule has 0 radical (unpaired) electrons. The first-order valence-electron chi connectivity index (χ1n) is 8.07. The molecule has 1 atom stereocenters. The van der Waals surface area contributed by atoms with Gasteiger partial charge in [-0.1, -0.05) is 0 Å². The van der Waals surface area contributed by atoms with Crippen LogP contribution in [0.2, 0.25) is 0 Å². The number of carbonyl (C=O) groups is 1. The molecular formula is C18H21NO3. The summed E-state index contributed by atoms with van der Waals surface area (Å²) in [6.45, 7) is 3.37. The molecule has 1 aromatic heterocycles. The molecule has 1 aliphatic carbocycles. The highest BCUT2D eigenvalue weighted by atomic mass is 16.3. The lowest BCUT2D eigenvalue weighted by molar-refractivity contribution is 0.0282. The van der Waals surface area contributed by atoms with Gasteiger partial charge in [-0.05, 0) is 56.9 Å². The Labute approximate surface area is 129 Å². The SMILES string of the molecule is Cc1cc2cc(C(=O)N3CCCC(C4(O)CC4)C3)ccc2o1. The summed E-state index contributed by atoms with van der Waals surface area (Å²) < 4.78 is 5.56. The van der Waals surface area contributed by atoms with E-state index in [-0.39, 0.29) is 11.8 Å². The molecule has 1 aromatic carbocycles. The third kappa shape index (κ3) is 2.31. The van der Waals surface area contributed by atoms with Gasteiger partial charge in [0, 0.05) is 30.0 Å². The van der Waals surface area contributed by atoms with E-state index in [1.54, 1.807) is 0 Å². The van der Waals surface area contributed by atoms with E-state index in [1.807, 2.05) is 36.1 Å². The van der Waals surface area contributed by atoms with E-state index >= 15 is 0 Å². The predicted molar refractivity (Wildman–Crippen MR) is 83.8 cm³/mol. The zero-order chi connectivity index (χ0) is 15.3. The number of hydrogen-bond acceptors (Lipinski definition) is 3. The number of aryl methyl sites for hydroxylation is 1. The fourth-order valence-electron chi connectivity index (χ4n) is 3.63. The number of likely N-dealkylation sites (tertiary alicyclic amines) is 1. The van der Waals surface area contributed by atoms with E-state index in [0.717, 1.165) is 49.0 Å². The fraction of sp³-hybridized carbons (Fsp3) is 0.500. The van der Waals surface area contributed by atoms with Crippen LogP contribution >= 0.6 is 0 Å². The summed E-state index contributed by atoms with van der Waals surface area (Å²) in [7, 11) is 0. The average molecular weight is 299 g/mol. The van der Waals surface area contributed by atoms with Crippen molar-refractivity contribution < 1.29 is 14.3 Å². The lowest BCUT2D eigenvalue weighted by Gasteiger charge is -2.35. The Balaban J connectivity index is 1.56. The summed E-state index contributed by atoms with van der Waals surface area (Å²) in [5.74, 6) is 1.16. The summed E-state index contributed by atoms with van der Waals surface area (Å²) in [5.41, 5.74) is 1.03. The molecular weight excluding hydrogens is 278 g/mol. The van der Waals surface area contributed by atoms with E-state index in [4.69, 9.17) is 4.42 Å². The van der Waals surface area contributed by atoms with E-state index in [0.29, 0.717) is 12.1 Å². The van der Waals surface area contributed by atoms with Gasteiger partial charge in [0.05, 0.1) is 5.60 Å². The summed E-state index contributed by atoms with van der Waals surface area (Å²) in [6, 6.07) is 7.57. The summed E-state index contributed by atoms with van der Waals surface area (Å²) >= 11 is 0. The lowest BCUT2D eigenvalue weighted by Crippen LogP contribution is -2.44. The molecule has 1 amide bonds. The number of fused-ring (bicyclic) bond motifs is 1. The van der Waals surface area contributed by atoms with Crippen LogP contribution in [0.25, 0.3) is 11.0 Å². The van der Waals surface area contributed by atoms with Gasteiger partial charge in [-0.25, -0.2) is 0 Å². The number of amides is 1. The molecule has 22 heavy (non-hydrogen) atoms. The molecule has 4 heteroatoms. The molecule has 0 bridgehead atoms. The van der Waals surface area contributed by atoms with Gasteiger partial charge in [-0.2, -0.15) is 0 Å². The quantitative estimate of drug-likeness (QED) is 0.927. The molecule has 4 rings (SSSR count). The van der Waals surface area contributed by atoms with Crippen molar-refractivity contribution in [2.45, 2.75) is 38.2 Å². The minimum absolute atomic E-state index is 0.0645. The summed E-state index contributed by atoms with van der Waals surface area (Å²) in [6.07, 6.45) is 3.78. The zero-order valence-corrected chi connectivity index (χ0v) is 12.8. The molecule has 1 N–H and O–H groups in total. The van der Waals surface area contributed by atoms with Crippen molar-refractivity contribution in [2.24, 2.45) is 5.92 Å². The monoisotopic (exact) mass is 299 g/mol. The molecule has 1 saturated heterocycles. The average Bonchev–Trinajstić information content (AvgIpc) is 3.16. The molecule has 2 heterocycles. The van der Waals surface area contributed by atoms with Crippen LogP contribution < -0.4 is 0 Å². The summed E-state index contributed by atoms with van der Waals surface area (Å²) in [4.78, 5) is 14.7. The van der Waals surface area contributed by atoms with Crippen LogP contribution in [0.1, 0.15) is 41.8 Å². The van der Waals surface area contributed by atoms with Crippen molar-refractivity contribution in [2.75, 3.05) is 13.1 Å². The standard InChI is InChI=1S/C18H21NO3/c1-12-9-14-10-13(4-5-16(14)22-12)17(20)19-8-2-3-15(11-19)18(21)6-7-18/h4-5,9-10,15,21H,2-3,6-8,11H2,1H3. The van der Waals surface area contributed by atoms with Crippen molar-refractivity contribution >= 4 is 16.9 Å². The molecule has 2 aromatic rings. The van der Waals surface area contributed by atoms with Gasteiger partial charge < -0.3 is 14.4 Å². The fourth-order valence-corrected chi connectivity index (χ4v) is 3.63. The maximum Gasteiger partial charge on any atom is 0.253 e. The minimum Gasteiger partial charge on any atom is -0.461 e. The van der Waals surface area contributed by atoms with Crippen molar-refractivity contribution in [1.29, 1.82) is 0 Å². The topological polar surface area (TPSA) is 53.7 Å². The first-order valence-corrected chi connectivity index (χ1v) is 8.07. The van der Waals surface area contributed by atoms with Crippen LogP contribution in [0.4, 0.5) is 0 Å². The zero-order valence-electron chi connectivity index (χ0n) is 12.8. The van der Waals surface area contributed by atoms with Crippen LogP contribution in [0.15, 0.2) is 28.7 Å². The first kappa shape index (κ1) is 13.8. The van der Waals surface area contributed by atoms with Gasteiger partial charge in [0.2, 0.25) is 0 Å². The van der Waals surface area contributed by atoms with Crippen LogP contribution in [-0.2, 0) is 0 Å². The number of nitrogens with zero attached hydrogens (tertiary/aromatic N) is 1. The Hall–Kier alpha value is -1.81. The Kier molecular flexibility index (Phi) is 3.05. The highest BCUT2D eigenvalue weighted by Crippen LogP contribution is 2.45. The normalized spacial score (nSPS) is 23.7. The number of hydrogen-bond donors (Lipinski definition) is 1. The van der Waals surface area contributed by atoms with Crippen molar-refractivity contribution in [3.05, 3.63) is 35.6 Å². The number of piperidine rings is 1. The molecule has 1 saturated carbocycles.